The van der Waals surface area contributed by atoms with Crippen LogP contribution in [0.3, 0.4) is 0 Å². The number of anilines is 2. The van der Waals surface area contributed by atoms with Crippen LogP contribution in [0, 0.1) is 12.3 Å². The molecule has 2 aromatic carbocycles. The molecule has 3 amide bonds. The number of β-amino-alcohol motifs (C(OH)–C–C–N with tert-alkyl or cyclic N) is 1. The van der Waals surface area contributed by atoms with Crippen LogP contribution in [-0.2, 0) is 14.4 Å². The van der Waals surface area contributed by atoms with Gasteiger partial charge in [-0.1, -0.05) is 57.2 Å². The zero-order valence-corrected chi connectivity index (χ0v) is 32.6. The number of phenols is 1. The Morgan fingerprint density at radius 3 is 2.51 bits per heavy atom. The van der Waals surface area contributed by atoms with Crippen molar-refractivity contribution in [1.82, 2.24) is 35.6 Å². The van der Waals surface area contributed by atoms with Crippen LogP contribution in [0.1, 0.15) is 51.4 Å². The number of benzene rings is 2. The van der Waals surface area contributed by atoms with Gasteiger partial charge in [0.15, 0.2) is 5.82 Å². The SMILES string of the molecule is Cc1ncsc1-c1ccc(C(C)NC(=O)[C@@H]2C[C@@H](O)CN2C(=O)C(NC(=O)CN2CCN3c4cc(-c5ccccc5O)nnc4NC[C@H]3C2)C(C)(C)C)cc1. The summed E-state index contributed by atoms with van der Waals surface area (Å²) in [5.74, 6) is -0.218. The zero-order chi connectivity index (χ0) is 39.0. The number of aryl methyl sites for hydroxylation is 1. The minimum absolute atomic E-state index is 0.00471. The number of aromatic nitrogens is 3. The van der Waals surface area contributed by atoms with E-state index in [4.69, 9.17) is 0 Å². The third-order valence-corrected chi connectivity index (χ3v) is 11.7. The molecule has 15 heteroatoms. The Labute approximate surface area is 325 Å². The van der Waals surface area contributed by atoms with Crippen molar-refractivity contribution in [2.24, 2.45) is 5.41 Å². The van der Waals surface area contributed by atoms with Crippen molar-refractivity contribution in [3.8, 4) is 27.4 Å². The van der Waals surface area contributed by atoms with Crippen LogP contribution in [0.4, 0.5) is 11.5 Å². The minimum atomic E-state index is -0.920. The van der Waals surface area contributed by atoms with Crippen LogP contribution in [-0.4, -0.2) is 116 Å². The van der Waals surface area contributed by atoms with E-state index in [0.29, 0.717) is 43.3 Å². The minimum Gasteiger partial charge on any atom is -0.507 e. The van der Waals surface area contributed by atoms with Crippen molar-refractivity contribution in [2.75, 3.05) is 49.5 Å². The van der Waals surface area contributed by atoms with E-state index in [0.717, 1.165) is 27.4 Å². The molecule has 2 saturated heterocycles. The molecule has 55 heavy (non-hydrogen) atoms. The van der Waals surface area contributed by atoms with Crippen LogP contribution in [0.15, 0.2) is 60.1 Å². The number of nitrogens with one attached hydrogen (secondary N) is 3. The van der Waals surface area contributed by atoms with E-state index in [-0.39, 0.29) is 49.2 Å². The Morgan fingerprint density at radius 2 is 1.80 bits per heavy atom. The highest BCUT2D eigenvalue weighted by Crippen LogP contribution is 2.36. The number of rotatable bonds is 9. The number of phenolic OH excluding ortho intramolecular Hbond substituents is 1. The van der Waals surface area contributed by atoms with Gasteiger partial charge in [-0.05, 0) is 48.6 Å². The number of hydrogen-bond acceptors (Lipinski definition) is 12. The van der Waals surface area contributed by atoms with Crippen LogP contribution < -0.4 is 20.9 Å². The van der Waals surface area contributed by atoms with Crippen molar-refractivity contribution < 1.29 is 24.6 Å². The lowest BCUT2D eigenvalue weighted by molar-refractivity contribution is -0.144. The van der Waals surface area contributed by atoms with Crippen molar-refractivity contribution in [2.45, 2.75) is 71.3 Å². The lowest BCUT2D eigenvalue weighted by Crippen LogP contribution is -2.61. The maximum absolute atomic E-state index is 14.2. The molecule has 2 unspecified atom stereocenters. The standard InChI is InChI=1S/C40H49N9O5S/c1-23(25-10-12-26(13-11-25)35-24(2)42-22-55-35)43-38(53)32-16-28(50)20-49(32)39(54)36(40(3,4)5)44-34(52)21-47-14-15-48-27(19-47)18-41-37-31(48)17-30(45-46-37)29-8-6-7-9-33(29)51/h6-13,17,22-23,27-28,32,36,50-51H,14-16,18-21H2,1-5H3,(H,41,46)(H,43,53)(H,44,52)/t23?,27-,28+,32-,36?/m0/s1. The van der Waals surface area contributed by atoms with E-state index in [1.807, 2.05) is 76.5 Å². The van der Waals surface area contributed by atoms with Gasteiger partial charge >= 0.3 is 0 Å². The highest BCUT2D eigenvalue weighted by Gasteiger charge is 2.45. The van der Waals surface area contributed by atoms with E-state index in [9.17, 15) is 24.6 Å². The fourth-order valence-corrected chi connectivity index (χ4v) is 8.55. The fourth-order valence-electron chi connectivity index (χ4n) is 7.74. The molecule has 14 nitrogen and oxygen atoms in total. The second-order valence-electron chi connectivity index (χ2n) is 15.8. The summed E-state index contributed by atoms with van der Waals surface area (Å²) in [6, 6.07) is 14.9. The Kier molecular flexibility index (Phi) is 10.8. The monoisotopic (exact) mass is 767 g/mol. The molecule has 0 spiro atoms. The number of carbonyl (C=O) groups is 3. The molecule has 0 aliphatic carbocycles. The molecule has 2 fully saturated rings. The molecule has 3 aliphatic heterocycles. The summed E-state index contributed by atoms with van der Waals surface area (Å²) in [6.45, 7) is 12.1. The average molecular weight is 768 g/mol. The number of aromatic hydroxyl groups is 1. The second kappa shape index (κ2) is 15.6. The van der Waals surface area contributed by atoms with Gasteiger partial charge in [0.25, 0.3) is 0 Å². The number of piperazine rings is 1. The molecular weight excluding hydrogens is 719 g/mol. The average Bonchev–Trinajstić information content (AvgIpc) is 3.78. The number of likely N-dealkylation sites (tertiary alicyclic amines) is 1. The molecule has 5 atom stereocenters. The van der Waals surface area contributed by atoms with Gasteiger partial charge in [0.2, 0.25) is 17.7 Å². The number of amides is 3. The molecule has 290 valence electrons. The van der Waals surface area contributed by atoms with E-state index in [1.165, 1.54) is 4.90 Å². The summed E-state index contributed by atoms with van der Waals surface area (Å²) in [6.07, 6.45) is -0.750. The quantitative estimate of drug-likeness (QED) is 0.168. The Bertz CT molecular complexity index is 2050. The van der Waals surface area contributed by atoms with Crippen LogP contribution in [0.5, 0.6) is 5.75 Å². The fraction of sp³-hybridized carbons (Fsp3) is 0.450. The van der Waals surface area contributed by atoms with E-state index in [1.54, 1.807) is 29.5 Å². The first-order valence-electron chi connectivity index (χ1n) is 18.7. The highest BCUT2D eigenvalue weighted by molar-refractivity contribution is 7.13. The molecule has 3 aliphatic rings. The molecule has 5 heterocycles. The Hall–Kier alpha value is -5.12. The molecule has 4 aromatic rings. The van der Waals surface area contributed by atoms with Crippen molar-refractivity contribution in [3.63, 3.8) is 0 Å². The van der Waals surface area contributed by atoms with Gasteiger partial charge in [0, 0.05) is 44.7 Å². The predicted octanol–water partition coefficient (Wildman–Crippen LogP) is 3.57. The maximum atomic E-state index is 14.2. The lowest BCUT2D eigenvalue weighted by atomic mass is 9.85. The smallest absolute Gasteiger partial charge is 0.246 e. The number of hydrogen-bond donors (Lipinski definition) is 5. The van der Waals surface area contributed by atoms with E-state index >= 15 is 0 Å². The lowest BCUT2D eigenvalue weighted by Gasteiger charge is -2.45. The van der Waals surface area contributed by atoms with Crippen molar-refractivity contribution in [1.29, 1.82) is 0 Å². The van der Waals surface area contributed by atoms with E-state index in [2.05, 4.69) is 40.9 Å². The largest absolute Gasteiger partial charge is 0.507 e. The zero-order valence-electron chi connectivity index (χ0n) is 31.8. The Balaban J connectivity index is 0.974. The maximum Gasteiger partial charge on any atom is 0.246 e. The van der Waals surface area contributed by atoms with Gasteiger partial charge in [-0.15, -0.1) is 21.5 Å². The van der Waals surface area contributed by atoms with Gasteiger partial charge in [-0.2, -0.15) is 0 Å². The topological polar surface area (TPSA) is 176 Å². The predicted molar refractivity (Wildman–Crippen MR) is 212 cm³/mol. The summed E-state index contributed by atoms with van der Waals surface area (Å²) < 4.78 is 0. The van der Waals surface area contributed by atoms with Crippen LogP contribution >= 0.6 is 11.3 Å². The number of fused-ring (bicyclic) bond motifs is 3. The number of carbonyl (C=O) groups excluding carboxylic acids is 3. The number of aliphatic hydroxyl groups is 1. The highest BCUT2D eigenvalue weighted by atomic mass is 32.1. The normalized spacial score (nSPS) is 20.9. The summed E-state index contributed by atoms with van der Waals surface area (Å²) in [4.78, 5) is 52.8. The third kappa shape index (κ3) is 8.14. The molecule has 0 saturated carbocycles. The first-order chi connectivity index (χ1) is 26.3. The van der Waals surface area contributed by atoms with Crippen LogP contribution in [0.2, 0.25) is 0 Å². The summed E-state index contributed by atoms with van der Waals surface area (Å²) in [5, 5.41) is 39.2. The number of para-hydroxylation sites is 1. The summed E-state index contributed by atoms with van der Waals surface area (Å²) in [5.41, 5.74) is 6.17. The van der Waals surface area contributed by atoms with Gasteiger partial charge in [0.05, 0.1) is 52.2 Å². The van der Waals surface area contributed by atoms with Gasteiger partial charge in [0.1, 0.15) is 17.8 Å². The summed E-state index contributed by atoms with van der Waals surface area (Å²) in [7, 11) is 0. The molecule has 0 radical (unpaired) electrons. The number of nitrogens with zero attached hydrogens (tertiary/aromatic N) is 6. The third-order valence-electron chi connectivity index (χ3n) is 10.8. The summed E-state index contributed by atoms with van der Waals surface area (Å²) >= 11 is 1.58. The van der Waals surface area contributed by atoms with Crippen molar-refractivity contribution >= 4 is 40.6 Å². The van der Waals surface area contributed by atoms with Gasteiger partial charge < -0.3 is 36.0 Å². The van der Waals surface area contributed by atoms with Gasteiger partial charge in [-0.3, -0.25) is 19.3 Å². The van der Waals surface area contributed by atoms with Crippen LogP contribution in [0.25, 0.3) is 21.7 Å². The second-order valence-corrected chi connectivity index (χ2v) is 16.7. The molecule has 2 aromatic heterocycles. The first-order valence-corrected chi connectivity index (χ1v) is 19.6. The molecular formula is C40H49N9O5S. The van der Waals surface area contributed by atoms with Crippen molar-refractivity contribution in [3.05, 3.63) is 71.4 Å². The number of aliphatic hydroxyl groups excluding tert-OH is 1. The molecule has 0 bridgehead atoms. The van der Waals surface area contributed by atoms with E-state index < -0.39 is 29.5 Å². The molecule has 5 N–H and O–H groups in total. The van der Waals surface area contributed by atoms with Gasteiger partial charge in [-0.25, -0.2) is 4.98 Å². The molecule has 7 rings (SSSR count). The Morgan fingerprint density at radius 1 is 1.04 bits per heavy atom. The number of thiazole rings is 1. The first kappa shape index (κ1) is 38.2.